The summed E-state index contributed by atoms with van der Waals surface area (Å²) in [5, 5.41) is 0. The number of hydrogen-bond acceptors (Lipinski definition) is 4. The van der Waals surface area contributed by atoms with Gasteiger partial charge >= 0.3 is 6.73 Å². The minimum Gasteiger partial charge on any atom is -0.493 e. The smallest absolute Gasteiger partial charge is 0.357 e. The van der Waals surface area contributed by atoms with Crippen LogP contribution in [0.1, 0.15) is 40.7 Å². The number of hydrogen-bond donors (Lipinski definition) is 0. The van der Waals surface area contributed by atoms with Crippen molar-refractivity contribution in [1.29, 1.82) is 0 Å². The summed E-state index contributed by atoms with van der Waals surface area (Å²) >= 11 is 0. The zero-order valence-electron chi connectivity index (χ0n) is 17.9. The van der Waals surface area contributed by atoms with Gasteiger partial charge in [0.2, 0.25) is 0 Å². The van der Waals surface area contributed by atoms with Gasteiger partial charge in [0.15, 0.2) is 17.3 Å². The fourth-order valence-corrected chi connectivity index (χ4v) is 4.77. The van der Waals surface area contributed by atoms with Gasteiger partial charge in [0.05, 0.1) is 7.11 Å². The van der Waals surface area contributed by atoms with Crippen molar-refractivity contribution < 1.29 is 14.3 Å². The Balaban J connectivity index is 0.00000272. The van der Waals surface area contributed by atoms with Crippen LogP contribution in [0, 0.1) is 18.4 Å². The van der Waals surface area contributed by atoms with Gasteiger partial charge in [-0.05, 0) is 68.0 Å². The Labute approximate surface area is 190 Å². The van der Waals surface area contributed by atoms with Crippen molar-refractivity contribution in [1.82, 2.24) is 4.90 Å². The molecule has 2 aliphatic rings. The van der Waals surface area contributed by atoms with E-state index >= 15 is 0 Å². The Morgan fingerprint density at radius 3 is 2.55 bits per heavy atom. The molecule has 1 fully saturated rings. The highest BCUT2D eigenvalue weighted by molar-refractivity contribution is 6.02. The Hall–Kier alpha value is -2.55. The maximum atomic E-state index is 13.0. The van der Waals surface area contributed by atoms with Gasteiger partial charge in [-0.1, -0.05) is 30.3 Å². The molecule has 1 aliphatic carbocycles. The zero-order chi connectivity index (χ0) is 20.9. The number of carbonyl (C=O) groups is 1. The molecule has 1 aliphatic heterocycles. The number of likely N-dealkylation sites (tertiary alicyclic amines) is 1. The van der Waals surface area contributed by atoms with E-state index in [1.807, 2.05) is 6.07 Å². The van der Waals surface area contributed by atoms with Crippen LogP contribution < -0.4 is 9.47 Å². The number of ether oxygens (including phenoxy) is 2. The first kappa shape index (κ1) is 23.1. The molecular weight excluding hydrogens is 412 g/mol. The van der Waals surface area contributed by atoms with Crippen LogP contribution in [0.4, 0.5) is 0 Å². The number of fused-ring (bicyclic) bond motifs is 1. The third-order valence-electron chi connectivity index (χ3n) is 6.35. The molecule has 1 saturated heterocycles. The van der Waals surface area contributed by atoms with Crippen molar-refractivity contribution in [3.8, 4) is 11.5 Å². The van der Waals surface area contributed by atoms with E-state index in [9.17, 15) is 4.79 Å². The van der Waals surface area contributed by atoms with E-state index in [2.05, 4.69) is 40.1 Å². The topological polar surface area (TPSA) is 43.1 Å². The maximum Gasteiger partial charge on any atom is 0.357 e. The standard InChI is InChI=1S/C25H28N2O3.ClH/c1-26-17-30-24-14-20-13-21(25(28)22(20)15-23(24)29-2)12-18-8-10-27(11-9-18)16-19-6-4-3-5-7-19;/h3-7,14-15,18,21H,8-13,16-17H2,2H3;1H. The first-order valence-corrected chi connectivity index (χ1v) is 10.7. The van der Waals surface area contributed by atoms with Gasteiger partial charge < -0.3 is 9.47 Å². The summed E-state index contributed by atoms with van der Waals surface area (Å²) < 4.78 is 10.9. The van der Waals surface area contributed by atoms with E-state index in [0.29, 0.717) is 17.4 Å². The number of Topliss-reactive ketones (excluding diaryl/α,β-unsaturated/α-hetero) is 1. The second kappa shape index (κ2) is 10.7. The van der Waals surface area contributed by atoms with Crippen molar-refractivity contribution in [3.05, 3.63) is 70.6 Å². The fraction of sp³-hybridized carbons (Fsp3) is 0.440. The molecule has 0 aromatic heterocycles. The van der Waals surface area contributed by atoms with Crippen LogP contribution in [0.15, 0.2) is 42.5 Å². The molecule has 4 rings (SSSR count). The van der Waals surface area contributed by atoms with Crippen LogP contribution in [0.2, 0.25) is 0 Å². The number of piperidine rings is 1. The minimum atomic E-state index is -0.0475. The highest BCUT2D eigenvalue weighted by Crippen LogP contribution is 2.39. The van der Waals surface area contributed by atoms with Crippen molar-refractivity contribution in [3.63, 3.8) is 0 Å². The van der Waals surface area contributed by atoms with E-state index in [1.54, 1.807) is 13.2 Å². The van der Waals surface area contributed by atoms with E-state index in [1.165, 1.54) is 5.56 Å². The zero-order valence-corrected chi connectivity index (χ0v) is 18.7. The van der Waals surface area contributed by atoms with Gasteiger partial charge in [0.1, 0.15) is 0 Å². The molecule has 1 unspecified atom stereocenters. The van der Waals surface area contributed by atoms with Gasteiger partial charge in [0, 0.05) is 18.0 Å². The van der Waals surface area contributed by atoms with Crippen molar-refractivity contribution in [2.24, 2.45) is 11.8 Å². The maximum absolute atomic E-state index is 13.0. The molecule has 0 amide bonds. The number of rotatable bonds is 7. The third kappa shape index (κ3) is 5.39. The molecule has 0 spiro atoms. The lowest BCUT2D eigenvalue weighted by molar-refractivity contribution is 0.0895. The van der Waals surface area contributed by atoms with Crippen LogP contribution in [0.3, 0.4) is 0 Å². The average Bonchev–Trinajstić information content (AvgIpc) is 3.08. The molecule has 31 heavy (non-hydrogen) atoms. The lowest BCUT2D eigenvalue weighted by Crippen LogP contribution is -2.34. The molecule has 6 heteroatoms. The summed E-state index contributed by atoms with van der Waals surface area (Å²) in [5.74, 6) is 1.95. The molecule has 1 heterocycles. The largest absolute Gasteiger partial charge is 0.493 e. The normalized spacial score (nSPS) is 18.7. The molecule has 2 aromatic carbocycles. The summed E-state index contributed by atoms with van der Waals surface area (Å²) in [6.45, 7) is 10.1. The number of carbonyl (C=O) groups excluding carboxylic acids is 1. The number of benzene rings is 2. The fourth-order valence-electron chi connectivity index (χ4n) is 4.77. The number of halogens is 1. The highest BCUT2D eigenvalue weighted by atomic mass is 35.5. The predicted octanol–water partition coefficient (Wildman–Crippen LogP) is 5.03. The quantitative estimate of drug-likeness (QED) is 0.566. The van der Waals surface area contributed by atoms with Gasteiger partial charge in [-0.15, -0.1) is 12.4 Å². The van der Waals surface area contributed by atoms with E-state index in [0.717, 1.165) is 56.4 Å². The highest BCUT2D eigenvalue weighted by Gasteiger charge is 2.34. The van der Waals surface area contributed by atoms with Crippen LogP contribution in [0.25, 0.3) is 4.85 Å². The minimum absolute atomic E-state index is 0. The third-order valence-corrected chi connectivity index (χ3v) is 6.35. The Morgan fingerprint density at radius 1 is 1.13 bits per heavy atom. The molecular formula is C25H29ClN2O3. The van der Waals surface area contributed by atoms with Crippen LogP contribution in [-0.4, -0.2) is 37.6 Å². The summed E-state index contributed by atoms with van der Waals surface area (Å²) in [4.78, 5) is 18.8. The van der Waals surface area contributed by atoms with E-state index in [4.69, 9.17) is 16.0 Å². The summed E-state index contributed by atoms with van der Waals surface area (Å²) in [6.07, 6.45) is 4.01. The molecule has 1 atom stereocenters. The molecule has 0 saturated carbocycles. The number of methoxy groups -OCH3 is 1. The lowest BCUT2D eigenvalue weighted by atomic mass is 9.85. The molecule has 0 radical (unpaired) electrons. The Morgan fingerprint density at radius 2 is 1.87 bits per heavy atom. The molecule has 5 nitrogen and oxygen atoms in total. The lowest BCUT2D eigenvalue weighted by Gasteiger charge is -2.32. The van der Waals surface area contributed by atoms with Crippen LogP contribution in [-0.2, 0) is 13.0 Å². The van der Waals surface area contributed by atoms with Crippen molar-refractivity contribution >= 4 is 18.2 Å². The Kier molecular flexibility index (Phi) is 7.95. The molecule has 2 aromatic rings. The molecule has 0 bridgehead atoms. The van der Waals surface area contributed by atoms with Gasteiger partial charge in [-0.25, -0.2) is 6.57 Å². The summed E-state index contributed by atoms with van der Waals surface area (Å²) in [6, 6.07) is 14.3. The van der Waals surface area contributed by atoms with Gasteiger partial charge in [-0.3, -0.25) is 14.5 Å². The molecule has 164 valence electrons. The van der Waals surface area contributed by atoms with Gasteiger partial charge in [-0.2, -0.15) is 0 Å². The average molecular weight is 441 g/mol. The van der Waals surface area contributed by atoms with E-state index < -0.39 is 0 Å². The first-order chi connectivity index (χ1) is 14.7. The number of nitrogens with zero attached hydrogens (tertiary/aromatic N) is 2. The second-order valence-corrected chi connectivity index (χ2v) is 8.30. The number of ketones is 1. The predicted molar refractivity (Wildman–Crippen MR) is 123 cm³/mol. The Bertz CT molecular complexity index is 934. The van der Waals surface area contributed by atoms with Gasteiger partial charge in [0.25, 0.3) is 0 Å². The van der Waals surface area contributed by atoms with Crippen LogP contribution >= 0.6 is 12.4 Å². The van der Waals surface area contributed by atoms with Crippen LogP contribution in [0.5, 0.6) is 11.5 Å². The van der Waals surface area contributed by atoms with Crippen molar-refractivity contribution in [2.45, 2.75) is 32.2 Å². The monoisotopic (exact) mass is 440 g/mol. The van der Waals surface area contributed by atoms with E-state index in [-0.39, 0.29) is 30.8 Å². The SMILES string of the molecule is Cl.[C-]#[N+]COc1cc2c(cc1OC)C(=O)C(CC1CCN(Cc3ccccc3)CC1)C2. The first-order valence-electron chi connectivity index (χ1n) is 10.7. The summed E-state index contributed by atoms with van der Waals surface area (Å²) in [7, 11) is 1.56. The van der Waals surface area contributed by atoms with Crippen molar-refractivity contribution in [2.75, 3.05) is 26.9 Å². The molecule has 0 N–H and O–H groups in total. The summed E-state index contributed by atoms with van der Waals surface area (Å²) in [5.41, 5.74) is 3.14. The second-order valence-electron chi connectivity index (χ2n) is 8.30.